The maximum atomic E-state index is 5.79. The SMILES string of the molecule is CCC[CH2][Sn]([CH2]CCC)([CH2]CCC)[c]1c(C)coc1C. The van der Waals surface area contributed by atoms with Crippen molar-refractivity contribution < 1.29 is 4.42 Å². The first-order valence-electron chi connectivity index (χ1n) is 8.66. The average Bonchev–Trinajstić information content (AvgIpc) is 2.79. The normalized spacial score (nSPS) is 12.1. The molecule has 0 fully saturated rings. The van der Waals surface area contributed by atoms with Gasteiger partial charge in [0.25, 0.3) is 0 Å². The van der Waals surface area contributed by atoms with Crippen LogP contribution < -0.4 is 3.58 Å². The molecule has 1 heterocycles. The molecule has 0 atom stereocenters. The molecule has 1 aromatic rings. The topological polar surface area (TPSA) is 13.1 Å². The molecule has 0 unspecified atom stereocenters. The first kappa shape index (κ1) is 18.1. The van der Waals surface area contributed by atoms with Crippen LogP contribution in [0.25, 0.3) is 0 Å². The van der Waals surface area contributed by atoms with Crippen LogP contribution in [0.2, 0.25) is 13.3 Å². The molecule has 1 nitrogen and oxygen atoms in total. The second kappa shape index (κ2) is 9.17. The zero-order valence-electron chi connectivity index (χ0n) is 14.3. The molecule has 0 saturated carbocycles. The summed E-state index contributed by atoms with van der Waals surface area (Å²) in [5, 5.41) is 0. The first-order valence-corrected chi connectivity index (χ1v) is 16.1. The summed E-state index contributed by atoms with van der Waals surface area (Å²) in [6, 6.07) is 0. The van der Waals surface area contributed by atoms with Gasteiger partial charge < -0.3 is 0 Å². The fourth-order valence-corrected chi connectivity index (χ4v) is 21.6. The Labute approximate surface area is 130 Å². The van der Waals surface area contributed by atoms with Crippen molar-refractivity contribution in [2.24, 2.45) is 0 Å². The predicted molar refractivity (Wildman–Crippen MR) is 92.7 cm³/mol. The summed E-state index contributed by atoms with van der Waals surface area (Å²) in [5.74, 6) is 1.25. The summed E-state index contributed by atoms with van der Waals surface area (Å²) in [6.45, 7) is 11.5. The third kappa shape index (κ3) is 4.54. The summed E-state index contributed by atoms with van der Waals surface area (Å²) < 4.78 is 12.1. The van der Waals surface area contributed by atoms with Crippen molar-refractivity contribution in [2.75, 3.05) is 0 Å². The zero-order valence-corrected chi connectivity index (χ0v) is 17.2. The van der Waals surface area contributed by atoms with Crippen LogP contribution in [0.1, 0.15) is 70.6 Å². The van der Waals surface area contributed by atoms with Gasteiger partial charge in [-0.05, 0) is 0 Å². The van der Waals surface area contributed by atoms with Gasteiger partial charge in [-0.2, -0.15) is 0 Å². The molecule has 0 aliphatic heterocycles. The van der Waals surface area contributed by atoms with Gasteiger partial charge in [0.05, 0.1) is 0 Å². The van der Waals surface area contributed by atoms with Crippen LogP contribution in [0.15, 0.2) is 10.7 Å². The molecule has 0 aromatic carbocycles. The van der Waals surface area contributed by atoms with Crippen molar-refractivity contribution in [3.8, 4) is 0 Å². The van der Waals surface area contributed by atoms with Crippen LogP contribution >= 0.6 is 0 Å². The van der Waals surface area contributed by atoms with E-state index < -0.39 is 18.4 Å². The molecule has 0 radical (unpaired) electrons. The van der Waals surface area contributed by atoms with Crippen molar-refractivity contribution in [1.29, 1.82) is 0 Å². The van der Waals surface area contributed by atoms with Crippen molar-refractivity contribution in [3.05, 3.63) is 17.6 Å². The van der Waals surface area contributed by atoms with E-state index in [1.165, 1.54) is 63.2 Å². The van der Waals surface area contributed by atoms with Crippen molar-refractivity contribution in [3.63, 3.8) is 0 Å². The molecule has 0 aliphatic carbocycles. The number of unbranched alkanes of at least 4 members (excludes halogenated alkanes) is 3. The van der Waals surface area contributed by atoms with E-state index in [2.05, 4.69) is 34.6 Å². The first-order chi connectivity index (χ1) is 9.61. The van der Waals surface area contributed by atoms with Gasteiger partial charge in [-0.3, -0.25) is 0 Å². The third-order valence-electron chi connectivity index (χ3n) is 4.72. The van der Waals surface area contributed by atoms with Gasteiger partial charge in [-0.1, -0.05) is 0 Å². The van der Waals surface area contributed by atoms with E-state index in [0.29, 0.717) is 0 Å². The predicted octanol–water partition coefficient (Wildman–Crippen LogP) is 5.95. The fourth-order valence-electron chi connectivity index (χ4n) is 3.66. The van der Waals surface area contributed by atoms with E-state index in [9.17, 15) is 0 Å². The van der Waals surface area contributed by atoms with Crippen molar-refractivity contribution >= 4 is 22.0 Å². The van der Waals surface area contributed by atoms with Crippen LogP contribution in [0.3, 0.4) is 0 Å². The molecule has 20 heavy (non-hydrogen) atoms. The number of aryl methyl sites for hydroxylation is 2. The van der Waals surface area contributed by atoms with E-state index in [0.717, 1.165) is 0 Å². The number of hydrogen-bond donors (Lipinski definition) is 0. The van der Waals surface area contributed by atoms with Crippen LogP contribution in [0.4, 0.5) is 0 Å². The molecule has 0 spiro atoms. The molecule has 2 heteroatoms. The molecule has 0 amide bonds. The number of hydrogen-bond acceptors (Lipinski definition) is 1. The Balaban J connectivity index is 3.11. The van der Waals surface area contributed by atoms with Crippen LogP contribution in [-0.2, 0) is 0 Å². The Morgan fingerprint density at radius 2 is 1.30 bits per heavy atom. The van der Waals surface area contributed by atoms with E-state index >= 15 is 0 Å². The van der Waals surface area contributed by atoms with Gasteiger partial charge in [0.2, 0.25) is 0 Å². The van der Waals surface area contributed by atoms with E-state index in [1.54, 1.807) is 3.58 Å². The average molecular weight is 385 g/mol. The quantitative estimate of drug-likeness (QED) is 0.454. The van der Waals surface area contributed by atoms with E-state index in [1.807, 2.05) is 6.26 Å². The van der Waals surface area contributed by atoms with Gasteiger partial charge in [0, 0.05) is 0 Å². The summed E-state index contributed by atoms with van der Waals surface area (Å²) in [7, 11) is 0. The van der Waals surface area contributed by atoms with Crippen LogP contribution in [0, 0.1) is 13.8 Å². The second-order valence-electron chi connectivity index (χ2n) is 6.44. The molecule has 0 aliphatic rings. The summed E-state index contributed by atoms with van der Waals surface area (Å²) in [6.07, 6.45) is 10.3. The Kier molecular flexibility index (Phi) is 8.31. The van der Waals surface area contributed by atoms with Gasteiger partial charge in [-0.15, -0.1) is 0 Å². The fraction of sp³-hybridized carbons (Fsp3) is 0.778. The molecule has 0 saturated heterocycles. The molecular weight excluding hydrogens is 351 g/mol. The molecule has 116 valence electrons. The molecular formula is C18H34OSn. The van der Waals surface area contributed by atoms with Crippen molar-refractivity contribution in [2.45, 2.75) is 86.5 Å². The van der Waals surface area contributed by atoms with Gasteiger partial charge in [0.15, 0.2) is 0 Å². The molecule has 0 N–H and O–H groups in total. The zero-order chi connectivity index (χ0) is 15.0. The number of furan rings is 1. The monoisotopic (exact) mass is 386 g/mol. The van der Waals surface area contributed by atoms with E-state index in [-0.39, 0.29) is 0 Å². The standard InChI is InChI=1S/C6H7O.3C4H9.Sn/c1-5-3-6(2)7-4-5;3*1-3-4-2;/h4H,1-2H3;3*1,3-4H2,2H3;. The Morgan fingerprint density at radius 3 is 1.60 bits per heavy atom. The Hall–Kier alpha value is 0.0787. The van der Waals surface area contributed by atoms with Crippen molar-refractivity contribution in [1.82, 2.24) is 0 Å². The minimum absolute atomic E-state index is 1.25. The Morgan fingerprint density at radius 1 is 0.850 bits per heavy atom. The number of rotatable bonds is 10. The van der Waals surface area contributed by atoms with E-state index in [4.69, 9.17) is 4.42 Å². The second-order valence-corrected chi connectivity index (χ2v) is 19.5. The minimum atomic E-state index is -2.25. The third-order valence-corrected chi connectivity index (χ3v) is 21.1. The molecule has 1 aromatic heterocycles. The van der Waals surface area contributed by atoms with Crippen LogP contribution in [0.5, 0.6) is 0 Å². The van der Waals surface area contributed by atoms with Gasteiger partial charge >= 0.3 is 130 Å². The summed E-state index contributed by atoms with van der Waals surface area (Å²) in [5.41, 5.74) is 1.46. The summed E-state index contributed by atoms with van der Waals surface area (Å²) in [4.78, 5) is 0. The van der Waals surface area contributed by atoms with Gasteiger partial charge in [-0.25, -0.2) is 0 Å². The maximum absolute atomic E-state index is 5.79. The van der Waals surface area contributed by atoms with Gasteiger partial charge in [0.1, 0.15) is 0 Å². The molecule has 0 bridgehead atoms. The molecule has 1 rings (SSSR count). The summed E-state index contributed by atoms with van der Waals surface area (Å²) >= 11 is -2.25. The Bertz CT molecular complexity index is 339. The van der Waals surface area contributed by atoms with Crippen LogP contribution in [-0.4, -0.2) is 18.4 Å².